The average molecular weight is 360 g/mol. The van der Waals surface area contributed by atoms with Gasteiger partial charge in [0.05, 0.1) is 11.4 Å². The van der Waals surface area contributed by atoms with Gasteiger partial charge in [-0.1, -0.05) is 18.6 Å². The fraction of sp³-hybridized carbons (Fsp3) is 0.762. The van der Waals surface area contributed by atoms with Crippen LogP contribution in [-0.4, -0.2) is 71.3 Å². The highest BCUT2D eigenvalue weighted by atomic mass is 15.3. The van der Waals surface area contributed by atoms with E-state index in [1.807, 2.05) is 0 Å². The zero-order valence-corrected chi connectivity index (χ0v) is 17.5. The van der Waals surface area contributed by atoms with Crippen molar-refractivity contribution >= 4 is 0 Å². The van der Waals surface area contributed by atoms with Gasteiger partial charge in [-0.3, -0.25) is 14.5 Å². The Hall–Kier alpha value is -1.17. The number of rotatable bonds is 6. The molecule has 146 valence electrons. The molecule has 1 saturated heterocycles. The van der Waals surface area contributed by atoms with E-state index in [1.165, 1.54) is 42.9 Å². The van der Waals surface area contributed by atoms with Crippen molar-refractivity contribution in [2.75, 3.05) is 46.8 Å². The maximum atomic E-state index is 4.92. The zero-order chi connectivity index (χ0) is 18.7. The van der Waals surface area contributed by atoms with E-state index in [-0.39, 0.29) is 0 Å². The fourth-order valence-electron chi connectivity index (χ4n) is 4.63. The molecule has 0 spiro atoms. The first kappa shape index (κ1) is 19.6. The minimum atomic E-state index is 0.418. The molecule has 26 heavy (non-hydrogen) atoms. The second-order valence-electron chi connectivity index (χ2n) is 9.02. The third kappa shape index (κ3) is 4.96. The highest BCUT2D eigenvalue weighted by Gasteiger charge is 2.33. The van der Waals surface area contributed by atoms with Gasteiger partial charge in [0.15, 0.2) is 0 Å². The molecule has 1 atom stereocenters. The SMILES string of the molecule is CC=C(C)CN1CCCn2nc(CN(C)CC3(C)CCN(C)C3)cc2C1. The fourth-order valence-corrected chi connectivity index (χ4v) is 4.63. The lowest BCUT2D eigenvalue weighted by Gasteiger charge is -2.29. The van der Waals surface area contributed by atoms with E-state index >= 15 is 0 Å². The predicted octanol–water partition coefficient (Wildman–Crippen LogP) is 2.83. The minimum Gasteiger partial charge on any atom is -0.306 e. The number of allylic oxidation sites excluding steroid dienone is 1. The Bertz CT molecular complexity index is 634. The molecule has 3 rings (SSSR count). The van der Waals surface area contributed by atoms with E-state index < -0.39 is 0 Å². The predicted molar refractivity (Wildman–Crippen MR) is 108 cm³/mol. The van der Waals surface area contributed by atoms with Crippen molar-refractivity contribution in [1.82, 2.24) is 24.5 Å². The average Bonchev–Trinajstić information content (AvgIpc) is 3.03. The van der Waals surface area contributed by atoms with Gasteiger partial charge in [-0.15, -0.1) is 0 Å². The zero-order valence-electron chi connectivity index (χ0n) is 17.5. The quantitative estimate of drug-likeness (QED) is 0.730. The maximum Gasteiger partial charge on any atom is 0.0768 e. The van der Waals surface area contributed by atoms with Crippen molar-refractivity contribution in [3.05, 3.63) is 29.1 Å². The Kier molecular flexibility index (Phi) is 6.21. The second-order valence-corrected chi connectivity index (χ2v) is 9.02. The number of hydrogen-bond donors (Lipinski definition) is 0. The van der Waals surface area contributed by atoms with Crippen LogP contribution in [-0.2, 0) is 19.6 Å². The molecule has 0 saturated carbocycles. The lowest BCUT2D eigenvalue weighted by molar-refractivity contribution is 0.188. The lowest BCUT2D eigenvalue weighted by Crippen LogP contribution is -2.35. The first-order valence-corrected chi connectivity index (χ1v) is 10.1. The van der Waals surface area contributed by atoms with E-state index in [2.05, 4.69) is 66.4 Å². The van der Waals surface area contributed by atoms with Crippen LogP contribution in [0.4, 0.5) is 0 Å². The summed E-state index contributed by atoms with van der Waals surface area (Å²) in [7, 11) is 4.48. The van der Waals surface area contributed by atoms with Gasteiger partial charge in [-0.05, 0) is 58.8 Å². The number of aryl methyl sites for hydroxylation is 1. The third-order valence-electron chi connectivity index (χ3n) is 5.94. The van der Waals surface area contributed by atoms with Crippen LogP contribution in [0.25, 0.3) is 0 Å². The van der Waals surface area contributed by atoms with E-state index in [9.17, 15) is 0 Å². The van der Waals surface area contributed by atoms with Crippen LogP contribution in [0.2, 0.25) is 0 Å². The molecule has 1 fully saturated rings. The van der Waals surface area contributed by atoms with Crippen molar-refractivity contribution in [3.8, 4) is 0 Å². The molecule has 0 aliphatic carbocycles. The maximum absolute atomic E-state index is 4.92. The summed E-state index contributed by atoms with van der Waals surface area (Å²) in [6.45, 7) is 15.6. The number of likely N-dealkylation sites (tertiary alicyclic amines) is 1. The molecule has 1 aromatic heterocycles. The molecular formula is C21H37N5. The van der Waals surface area contributed by atoms with Gasteiger partial charge in [0.2, 0.25) is 0 Å². The summed E-state index contributed by atoms with van der Waals surface area (Å²) >= 11 is 0. The second kappa shape index (κ2) is 8.24. The largest absolute Gasteiger partial charge is 0.306 e. The number of fused-ring (bicyclic) bond motifs is 1. The number of aromatic nitrogens is 2. The summed E-state index contributed by atoms with van der Waals surface area (Å²) in [5, 5.41) is 4.92. The van der Waals surface area contributed by atoms with Crippen LogP contribution in [0.3, 0.4) is 0 Å². The number of nitrogens with zero attached hydrogens (tertiary/aromatic N) is 5. The van der Waals surface area contributed by atoms with Crippen LogP contribution in [0, 0.1) is 5.41 Å². The normalized spacial score (nSPS) is 25.7. The summed E-state index contributed by atoms with van der Waals surface area (Å²) in [4.78, 5) is 7.47. The molecule has 0 bridgehead atoms. The summed E-state index contributed by atoms with van der Waals surface area (Å²) in [6.07, 6.45) is 4.71. The molecule has 5 heteroatoms. The van der Waals surface area contributed by atoms with Crippen LogP contribution in [0.1, 0.15) is 45.0 Å². The van der Waals surface area contributed by atoms with Crippen molar-refractivity contribution in [2.45, 2.75) is 53.2 Å². The van der Waals surface area contributed by atoms with Crippen molar-refractivity contribution in [2.24, 2.45) is 5.41 Å². The first-order valence-electron chi connectivity index (χ1n) is 10.1. The molecule has 2 aliphatic rings. The van der Waals surface area contributed by atoms with Crippen LogP contribution >= 0.6 is 0 Å². The van der Waals surface area contributed by atoms with E-state index in [1.54, 1.807) is 0 Å². The Morgan fingerprint density at radius 3 is 2.85 bits per heavy atom. The highest BCUT2D eigenvalue weighted by Crippen LogP contribution is 2.30. The van der Waals surface area contributed by atoms with Crippen LogP contribution < -0.4 is 0 Å². The van der Waals surface area contributed by atoms with Crippen molar-refractivity contribution in [1.29, 1.82) is 0 Å². The highest BCUT2D eigenvalue weighted by molar-refractivity contribution is 5.12. The smallest absolute Gasteiger partial charge is 0.0768 e. The molecule has 1 unspecified atom stereocenters. The van der Waals surface area contributed by atoms with E-state index in [0.717, 1.165) is 39.3 Å². The Balaban J connectivity index is 1.60. The van der Waals surface area contributed by atoms with E-state index in [4.69, 9.17) is 5.10 Å². The van der Waals surface area contributed by atoms with Gasteiger partial charge in [-0.25, -0.2) is 0 Å². The monoisotopic (exact) mass is 359 g/mol. The van der Waals surface area contributed by atoms with Gasteiger partial charge in [-0.2, -0.15) is 5.10 Å². The minimum absolute atomic E-state index is 0.418. The summed E-state index contributed by atoms with van der Waals surface area (Å²) in [5.74, 6) is 0. The van der Waals surface area contributed by atoms with Gasteiger partial charge >= 0.3 is 0 Å². The van der Waals surface area contributed by atoms with Gasteiger partial charge < -0.3 is 4.90 Å². The Labute approximate surface area is 159 Å². The van der Waals surface area contributed by atoms with Crippen molar-refractivity contribution in [3.63, 3.8) is 0 Å². The topological polar surface area (TPSA) is 27.5 Å². The summed E-state index contributed by atoms with van der Waals surface area (Å²) in [5.41, 5.74) is 4.47. The van der Waals surface area contributed by atoms with Crippen LogP contribution in [0.5, 0.6) is 0 Å². The van der Waals surface area contributed by atoms with Crippen LogP contribution in [0.15, 0.2) is 17.7 Å². The molecule has 0 N–H and O–H groups in total. The van der Waals surface area contributed by atoms with Gasteiger partial charge in [0.1, 0.15) is 0 Å². The molecular weight excluding hydrogens is 322 g/mol. The lowest BCUT2D eigenvalue weighted by atomic mass is 9.89. The van der Waals surface area contributed by atoms with Crippen molar-refractivity contribution < 1.29 is 0 Å². The molecule has 5 nitrogen and oxygen atoms in total. The van der Waals surface area contributed by atoms with Gasteiger partial charge in [0, 0.05) is 45.8 Å². The summed E-state index contributed by atoms with van der Waals surface area (Å²) in [6, 6.07) is 2.34. The molecule has 0 radical (unpaired) electrons. The summed E-state index contributed by atoms with van der Waals surface area (Å²) < 4.78 is 2.25. The Morgan fingerprint density at radius 1 is 1.35 bits per heavy atom. The molecule has 0 aromatic carbocycles. The molecule has 3 heterocycles. The first-order chi connectivity index (χ1) is 12.4. The standard InChI is InChI=1S/C21H37N5/c1-6-18(2)13-25-9-7-10-26-20(15-25)12-19(22-26)14-24(5)17-21(3)8-11-23(4)16-21/h6,12H,7-11,13-17H2,1-5H3. The molecule has 0 amide bonds. The van der Waals surface area contributed by atoms with E-state index in [0.29, 0.717) is 5.41 Å². The number of hydrogen-bond acceptors (Lipinski definition) is 4. The Morgan fingerprint density at radius 2 is 2.15 bits per heavy atom. The molecule has 1 aromatic rings. The third-order valence-corrected chi connectivity index (χ3v) is 5.94. The van der Waals surface area contributed by atoms with Gasteiger partial charge in [0.25, 0.3) is 0 Å². The molecule has 2 aliphatic heterocycles.